The Balaban J connectivity index is 2.39. The van der Waals surface area contributed by atoms with Crippen LogP contribution in [0.25, 0.3) is 0 Å². The molecule has 2 heterocycles. The highest BCUT2D eigenvalue weighted by Gasteiger charge is 2.41. The third kappa shape index (κ3) is 2.35. The van der Waals surface area contributed by atoms with Crippen LogP contribution in [0.3, 0.4) is 0 Å². The normalized spacial score (nSPS) is 26.4. The molecular formula is C12H19N3OS. The molecule has 2 N–H and O–H groups in total. The van der Waals surface area contributed by atoms with Gasteiger partial charge in [-0.05, 0) is 27.2 Å². The predicted molar refractivity (Wildman–Crippen MR) is 68.7 cm³/mol. The lowest BCUT2D eigenvalue weighted by atomic mass is 9.91. The third-order valence-corrected chi connectivity index (χ3v) is 3.92. The zero-order chi connectivity index (χ0) is 12.6. The van der Waals surface area contributed by atoms with E-state index in [1.807, 2.05) is 31.1 Å². The van der Waals surface area contributed by atoms with Gasteiger partial charge in [0.15, 0.2) is 0 Å². The highest BCUT2D eigenvalue weighted by atomic mass is 32.1. The van der Waals surface area contributed by atoms with E-state index in [2.05, 4.69) is 4.98 Å². The van der Waals surface area contributed by atoms with E-state index in [-0.39, 0.29) is 23.5 Å². The smallest absolute Gasteiger partial charge is 0.223 e. The van der Waals surface area contributed by atoms with Crippen LogP contribution in [0.1, 0.15) is 44.7 Å². The SMILES string of the molecule is CC(C)(C)N1C(=O)CCC(N)C1c1nccs1. The van der Waals surface area contributed by atoms with Crippen molar-refractivity contribution in [3.63, 3.8) is 0 Å². The molecule has 0 aromatic carbocycles. The summed E-state index contributed by atoms with van der Waals surface area (Å²) in [5.74, 6) is 0.180. The van der Waals surface area contributed by atoms with Crippen molar-refractivity contribution in [2.75, 3.05) is 0 Å². The molecule has 1 aromatic rings. The van der Waals surface area contributed by atoms with Gasteiger partial charge in [0.2, 0.25) is 5.91 Å². The standard InChI is InChI=1S/C12H19N3OS/c1-12(2,3)15-9(16)5-4-8(13)10(15)11-14-6-7-17-11/h6-8,10H,4-5,13H2,1-3H3. The molecule has 94 valence electrons. The van der Waals surface area contributed by atoms with Gasteiger partial charge in [0, 0.05) is 29.6 Å². The molecule has 1 amide bonds. The number of nitrogens with zero attached hydrogens (tertiary/aromatic N) is 2. The molecule has 0 saturated carbocycles. The van der Waals surface area contributed by atoms with E-state index in [0.29, 0.717) is 6.42 Å². The zero-order valence-corrected chi connectivity index (χ0v) is 11.3. The lowest BCUT2D eigenvalue weighted by molar-refractivity contribution is -0.144. The van der Waals surface area contributed by atoms with Gasteiger partial charge in [0.1, 0.15) is 5.01 Å². The molecule has 1 aliphatic heterocycles. The molecule has 4 nitrogen and oxygen atoms in total. The number of carbonyl (C=O) groups excluding carboxylic acids is 1. The monoisotopic (exact) mass is 253 g/mol. The number of hydrogen-bond acceptors (Lipinski definition) is 4. The Morgan fingerprint density at radius 2 is 2.24 bits per heavy atom. The summed E-state index contributed by atoms with van der Waals surface area (Å²) in [6, 6.07) is -0.0886. The van der Waals surface area contributed by atoms with Crippen molar-refractivity contribution in [3.05, 3.63) is 16.6 Å². The molecule has 17 heavy (non-hydrogen) atoms. The van der Waals surface area contributed by atoms with Gasteiger partial charge < -0.3 is 10.6 Å². The number of piperidine rings is 1. The predicted octanol–water partition coefficient (Wildman–Crippen LogP) is 1.93. The Hall–Kier alpha value is -0.940. The van der Waals surface area contributed by atoms with Crippen molar-refractivity contribution in [1.82, 2.24) is 9.88 Å². The molecule has 1 aliphatic rings. The van der Waals surface area contributed by atoms with Crippen LogP contribution in [0.4, 0.5) is 0 Å². The minimum atomic E-state index is -0.217. The molecule has 2 atom stereocenters. The van der Waals surface area contributed by atoms with E-state index >= 15 is 0 Å². The molecule has 0 spiro atoms. The second-order valence-corrected chi connectivity index (χ2v) is 6.38. The summed E-state index contributed by atoms with van der Waals surface area (Å²) in [5.41, 5.74) is 5.98. The lowest BCUT2D eigenvalue weighted by Gasteiger charge is -2.46. The molecule has 2 unspecified atom stereocenters. The first-order chi connectivity index (χ1) is 7.91. The molecule has 0 radical (unpaired) electrons. The Morgan fingerprint density at radius 3 is 2.76 bits per heavy atom. The van der Waals surface area contributed by atoms with Crippen molar-refractivity contribution in [1.29, 1.82) is 0 Å². The minimum absolute atomic E-state index is 0.0157. The zero-order valence-electron chi connectivity index (χ0n) is 10.5. The second kappa shape index (κ2) is 4.38. The van der Waals surface area contributed by atoms with Gasteiger partial charge in [-0.2, -0.15) is 0 Å². The molecule has 2 rings (SSSR count). The summed E-state index contributed by atoms with van der Waals surface area (Å²) in [7, 11) is 0. The average molecular weight is 253 g/mol. The number of nitrogens with two attached hydrogens (primary N) is 1. The number of amides is 1. The maximum absolute atomic E-state index is 12.1. The number of carbonyl (C=O) groups is 1. The topological polar surface area (TPSA) is 59.2 Å². The Kier molecular flexibility index (Phi) is 3.23. The van der Waals surface area contributed by atoms with Gasteiger partial charge in [-0.1, -0.05) is 0 Å². The van der Waals surface area contributed by atoms with Crippen molar-refractivity contribution in [2.24, 2.45) is 5.73 Å². The summed E-state index contributed by atoms with van der Waals surface area (Å²) >= 11 is 1.57. The van der Waals surface area contributed by atoms with Crippen LogP contribution in [0.5, 0.6) is 0 Å². The summed E-state index contributed by atoms with van der Waals surface area (Å²) < 4.78 is 0. The third-order valence-electron chi connectivity index (χ3n) is 3.07. The molecule has 1 saturated heterocycles. The number of hydrogen-bond donors (Lipinski definition) is 1. The van der Waals surface area contributed by atoms with Gasteiger partial charge in [0.05, 0.1) is 6.04 Å². The van der Waals surface area contributed by atoms with Crippen LogP contribution in [0.2, 0.25) is 0 Å². The van der Waals surface area contributed by atoms with E-state index in [4.69, 9.17) is 5.73 Å². The fraction of sp³-hybridized carbons (Fsp3) is 0.667. The first kappa shape index (κ1) is 12.5. The molecule has 5 heteroatoms. The van der Waals surface area contributed by atoms with Crippen LogP contribution < -0.4 is 5.73 Å². The van der Waals surface area contributed by atoms with E-state index in [0.717, 1.165) is 11.4 Å². The molecule has 1 fully saturated rings. The highest BCUT2D eigenvalue weighted by molar-refractivity contribution is 7.09. The van der Waals surface area contributed by atoms with Crippen molar-refractivity contribution in [3.8, 4) is 0 Å². The van der Waals surface area contributed by atoms with E-state index in [1.54, 1.807) is 17.5 Å². The van der Waals surface area contributed by atoms with Gasteiger partial charge in [0.25, 0.3) is 0 Å². The van der Waals surface area contributed by atoms with Crippen molar-refractivity contribution in [2.45, 2.75) is 51.2 Å². The molecule has 1 aromatic heterocycles. The summed E-state index contributed by atoms with van der Waals surface area (Å²) in [6.45, 7) is 6.14. The number of thiazole rings is 1. The first-order valence-corrected chi connectivity index (χ1v) is 6.76. The average Bonchev–Trinajstić information content (AvgIpc) is 2.72. The Morgan fingerprint density at radius 1 is 1.53 bits per heavy atom. The summed E-state index contributed by atoms with van der Waals surface area (Å²) in [6.07, 6.45) is 3.06. The van der Waals surface area contributed by atoms with E-state index in [9.17, 15) is 4.79 Å². The van der Waals surface area contributed by atoms with Crippen molar-refractivity contribution < 1.29 is 4.79 Å². The molecule has 0 aliphatic carbocycles. The van der Waals surface area contributed by atoms with Crippen LogP contribution >= 0.6 is 11.3 Å². The van der Waals surface area contributed by atoms with Gasteiger partial charge in [-0.15, -0.1) is 11.3 Å². The summed E-state index contributed by atoms with van der Waals surface area (Å²) in [4.78, 5) is 18.4. The van der Waals surface area contributed by atoms with Gasteiger partial charge in [-0.3, -0.25) is 4.79 Å². The lowest BCUT2D eigenvalue weighted by Crippen LogP contribution is -2.56. The minimum Gasteiger partial charge on any atom is -0.327 e. The fourth-order valence-corrected chi connectivity index (χ4v) is 3.18. The molecule has 0 bridgehead atoms. The maximum atomic E-state index is 12.1. The number of rotatable bonds is 1. The molecular weight excluding hydrogens is 234 g/mol. The number of likely N-dealkylation sites (tertiary alicyclic amines) is 1. The summed E-state index contributed by atoms with van der Waals surface area (Å²) in [5, 5.41) is 2.88. The second-order valence-electron chi connectivity index (χ2n) is 5.45. The van der Waals surface area contributed by atoms with Crippen LogP contribution in [-0.4, -0.2) is 27.4 Å². The quantitative estimate of drug-likeness (QED) is 0.832. The largest absolute Gasteiger partial charge is 0.327 e. The van der Waals surface area contributed by atoms with Crippen molar-refractivity contribution >= 4 is 17.2 Å². The van der Waals surface area contributed by atoms with Crippen LogP contribution in [-0.2, 0) is 4.79 Å². The maximum Gasteiger partial charge on any atom is 0.223 e. The van der Waals surface area contributed by atoms with Crippen LogP contribution in [0, 0.1) is 0 Å². The van der Waals surface area contributed by atoms with E-state index in [1.165, 1.54) is 0 Å². The van der Waals surface area contributed by atoms with E-state index < -0.39 is 0 Å². The van der Waals surface area contributed by atoms with Gasteiger partial charge >= 0.3 is 0 Å². The van der Waals surface area contributed by atoms with Crippen LogP contribution in [0.15, 0.2) is 11.6 Å². The number of aromatic nitrogens is 1. The van der Waals surface area contributed by atoms with Gasteiger partial charge in [-0.25, -0.2) is 4.98 Å². The Labute approximate surface area is 106 Å². The first-order valence-electron chi connectivity index (χ1n) is 5.88. The fourth-order valence-electron chi connectivity index (χ4n) is 2.38. The highest BCUT2D eigenvalue weighted by Crippen LogP contribution is 2.36. The Bertz CT molecular complexity index is 396.